The third kappa shape index (κ3) is 3.63. The minimum Gasteiger partial charge on any atom is -0.364 e. The zero-order valence-electron chi connectivity index (χ0n) is 15.7. The van der Waals surface area contributed by atoms with Gasteiger partial charge in [-0.2, -0.15) is 0 Å². The van der Waals surface area contributed by atoms with Gasteiger partial charge in [0, 0.05) is 25.5 Å². The number of fused-ring (bicyclic) bond motifs is 1. The van der Waals surface area contributed by atoms with Crippen LogP contribution >= 0.6 is 0 Å². The Bertz CT molecular complexity index is 1180. The summed E-state index contributed by atoms with van der Waals surface area (Å²) in [6, 6.07) is 1.75. The molecule has 0 aliphatic carbocycles. The van der Waals surface area contributed by atoms with Gasteiger partial charge in [-0.25, -0.2) is 33.1 Å². The first-order valence-electron chi connectivity index (χ1n) is 9.02. The number of nitrogens with zero attached hydrogens (tertiary/aromatic N) is 6. The number of sulfonamides is 1. The molecule has 1 aliphatic rings. The van der Waals surface area contributed by atoms with Crippen molar-refractivity contribution in [3.8, 4) is 11.5 Å². The summed E-state index contributed by atoms with van der Waals surface area (Å²) < 4.78 is 28.4. The van der Waals surface area contributed by atoms with Gasteiger partial charge in [0.25, 0.3) is 5.91 Å². The van der Waals surface area contributed by atoms with E-state index in [4.69, 9.17) is 5.73 Å². The Morgan fingerprint density at radius 3 is 2.86 bits per heavy atom. The zero-order chi connectivity index (χ0) is 20.6. The predicted molar refractivity (Wildman–Crippen MR) is 106 cm³/mol. The zero-order valence-corrected chi connectivity index (χ0v) is 16.5. The van der Waals surface area contributed by atoms with E-state index in [2.05, 4.69) is 24.7 Å². The molecule has 0 radical (unpaired) electrons. The second-order valence-corrected chi connectivity index (χ2v) is 8.87. The first-order chi connectivity index (χ1) is 13.9. The van der Waals surface area contributed by atoms with Crippen LogP contribution < -0.4 is 15.4 Å². The molecule has 4 heterocycles. The van der Waals surface area contributed by atoms with Crippen molar-refractivity contribution in [3.05, 3.63) is 36.5 Å². The van der Waals surface area contributed by atoms with Crippen LogP contribution in [0.15, 0.2) is 30.9 Å². The normalized spacial score (nSPS) is 17.6. The number of aromatic nitrogens is 5. The molecule has 3 aromatic heterocycles. The number of nitrogens with two attached hydrogens (primary N) is 1. The Morgan fingerprint density at radius 2 is 2.10 bits per heavy atom. The Hall–Kier alpha value is -3.12. The van der Waals surface area contributed by atoms with Crippen molar-refractivity contribution in [2.45, 2.75) is 18.1 Å². The smallest absolute Gasteiger partial charge is 0.268 e. The predicted octanol–water partition coefficient (Wildman–Crippen LogP) is -0.197. The molecular weight excluding hydrogens is 396 g/mol. The minimum absolute atomic E-state index is 0.101. The maximum Gasteiger partial charge on any atom is 0.268 e. The van der Waals surface area contributed by atoms with Crippen LogP contribution in [0.5, 0.6) is 0 Å². The third-order valence-corrected chi connectivity index (χ3v) is 6.78. The van der Waals surface area contributed by atoms with Crippen LogP contribution in [0.4, 0.5) is 5.82 Å². The molecule has 0 spiro atoms. The maximum atomic E-state index is 12.2. The lowest BCUT2D eigenvalue weighted by Gasteiger charge is -2.33. The van der Waals surface area contributed by atoms with E-state index >= 15 is 0 Å². The van der Waals surface area contributed by atoms with Crippen molar-refractivity contribution < 1.29 is 13.2 Å². The van der Waals surface area contributed by atoms with Crippen molar-refractivity contribution in [3.63, 3.8) is 0 Å². The molecule has 1 atom stereocenters. The first-order valence-corrected chi connectivity index (χ1v) is 10.6. The fourth-order valence-electron chi connectivity index (χ4n) is 3.40. The third-order valence-electron chi connectivity index (χ3n) is 4.94. The van der Waals surface area contributed by atoms with E-state index in [1.165, 1.54) is 19.4 Å². The minimum atomic E-state index is -3.36. The number of rotatable bonds is 5. The fraction of sp³-hybridized carbons (Fsp3) is 0.353. The highest BCUT2D eigenvalue weighted by molar-refractivity contribution is 7.90. The SMILES string of the molecule is CNS(=O)(=O)C1CCCN(c2ccnc(-c3cnc4cnc(C(N)=O)cn34)n2)C1. The summed E-state index contributed by atoms with van der Waals surface area (Å²) >= 11 is 0. The van der Waals surface area contributed by atoms with Gasteiger partial charge in [-0.1, -0.05) is 0 Å². The molecule has 152 valence electrons. The molecule has 0 bridgehead atoms. The molecule has 12 heteroatoms. The van der Waals surface area contributed by atoms with Crippen LogP contribution in [0.3, 0.4) is 0 Å². The monoisotopic (exact) mass is 416 g/mol. The van der Waals surface area contributed by atoms with Crippen molar-refractivity contribution in [2.75, 3.05) is 25.0 Å². The average Bonchev–Trinajstić information content (AvgIpc) is 3.17. The largest absolute Gasteiger partial charge is 0.364 e. The van der Waals surface area contributed by atoms with Crippen molar-refractivity contribution in [1.29, 1.82) is 0 Å². The number of amides is 1. The quantitative estimate of drug-likeness (QED) is 0.581. The molecule has 1 unspecified atom stereocenters. The van der Waals surface area contributed by atoms with Crippen LogP contribution in [-0.4, -0.2) is 64.0 Å². The van der Waals surface area contributed by atoms with E-state index in [1.54, 1.807) is 22.9 Å². The number of nitrogens with one attached hydrogen (secondary N) is 1. The van der Waals surface area contributed by atoms with E-state index in [0.29, 0.717) is 42.5 Å². The Morgan fingerprint density at radius 1 is 1.28 bits per heavy atom. The van der Waals surface area contributed by atoms with Crippen LogP contribution in [0.25, 0.3) is 17.2 Å². The molecular formula is C17H20N8O3S. The van der Waals surface area contributed by atoms with E-state index in [1.807, 2.05) is 4.90 Å². The summed E-state index contributed by atoms with van der Waals surface area (Å²) in [5.74, 6) is 0.381. The highest BCUT2D eigenvalue weighted by atomic mass is 32.2. The lowest BCUT2D eigenvalue weighted by atomic mass is 10.1. The summed E-state index contributed by atoms with van der Waals surface area (Å²) in [5.41, 5.74) is 6.51. The van der Waals surface area contributed by atoms with Gasteiger partial charge < -0.3 is 10.6 Å². The molecule has 11 nitrogen and oxygen atoms in total. The number of hydrogen-bond donors (Lipinski definition) is 2. The van der Waals surface area contributed by atoms with Gasteiger partial charge in [-0.05, 0) is 26.0 Å². The summed E-state index contributed by atoms with van der Waals surface area (Å²) in [6.45, 7) is 1.05. The lowest BCUT2D eigenvalue weighted by Crippen LogP contribution is -2.45. The van der Waals surface area contributed by atoms with E-state index in [9.17, 15) is 13.2 Å². The highest BCUT2D eigenvalue weighted by Gasteiger charge is 2.30. The number of piperidine rings is 1. The molecule has 0 aromatic carbocycles. The number of carbonyl (C=O) groups excluding carboxylic acids is 1. The van der Waals surface area contributed by atoms with Crippen LogP contribution in [0.2, 0.25) is 0 Å². The highest BCUT2D eigenvalue weighted by Crippen LogP contribution is 2.24. The lowest BCUT2D eigenvalue weighted by molar-refractivity contribution is 0.0995. The summed E-state index contributed by atoms with van der Waals surface area (Å²) in [6.07, 6.45) is 7.49. The van der Waals surface area contributed by atoms with E-state index in [0.717, 1.165) is 6.42 Å². The van der Waals surface area contributed by atoms with E-state index < -0.39 is 21.2 Å². The average molecular weight is 416 g/mol. The molecule has 0 saturated carbocycles. The Kier molecular flexibility index (Phi) is 4.88. The summed E-state index contributed by atoms with van der Waals surface area (Å²) in [4.78, 5) is 30.5. The standard InChI is InChI=1S/C17H20N8O3S/c1-19-29(27,28)11-3-2-6-24(9-11)14-4-5-20-17(23-14)13-7-22-15-8-21-12(16(18)26)10-25(13)15/h4-5,7-8,10-11,19H,2-3,6,9H2,1H3,(H2,18,26). The van der Waals surface area contributed by atoms with Gasteiger partial charge in [0.05, 0.1) is 17.6 Å². The van der Waals surface area contributed by atoms with Gasteiger partial charge in [0.1, 0.15) is 17.2 Å². The second-order valence-electron chi connectivity index (χ2n) is 6.71. The molecule has 4 rings (SSSR count). The molecule has 3 aromatic rings. The molecule has 1 aliphatic heterocycles. The number of imidazole rings is 1. The van der Waals surface area contributed by atoms with E-state index in [-0.39, 0.29) is 5.69 Å². The van der Waals surface area contributed by atoms with Gasteiger partial charge in [0.15, 0.2) is 11.5 Å². The van der Waals surface area contributed by atoms with Gasteiger partial charge in [0.2, 0.25) is 10.0 Å². The first kappa shape index (κ1) is 19.2. The van der Waals surface area contributed by atoms with Gasteiger partial charge >= 0.3 is 0 Å². The Balaban J connectivity index is 1.68. The molecule has 1 saturated heterocycles. The second kappa shape index (κ2) is 7.37. The topological polar surface area (TPSA) is 148 Å². The number of primary amides is 1. The molecule has 1 amide bonds. The van der Waals surface area contributed by atoms with Crippen molar-refractivity contribution >= 4 is 27.4 Å². The molecule has 1 fully saturated rings. The molecule has 29 heavy (non-hydrogen) atoms. The number of hydrogen-bond acceptors (Lipinski definition) is 8. The number of carbonyl (C=O) groups is 1. The Labute approximate surface area is 167 Å². The van der Waals surface area contributed by atoms with Gasteiger partial charge in [-0.15, -0.1) is 0 Å². The van der Waals surface area contributed by atoms with Crippen LogP contribution in [0, 0.1) is 0 Å². The summed E-state index contributed by atoms with van der Waals surface area (Å²) in [7, 11) is -1.93. The van der Waals surface area contributed by atoms with Crippen molar-refractivity contribution in [1.82, 2.24) is 29.1 Å². The van der Waals surface area contributed by atoms with Crippen LogP contribution in [-0.2, 0) is 10.0 Å². The maximum absolute atomic E-state index is 12.2. The molecule has 3 N–H and O–H groups in total. The fourth-order valence-corrected chi connectivity index (χ4v) is 4.58. The van der Waals surface area contributed by atoms with Crippen LogP contribution in [0.1, 0.15) is 23.3 Å². The van der Waals surface area contributed by atoms with Crippen molar-refractivity contribution in [2.24, 2.45) is 5.73 Å². The summed E-state index contributed by atoms with van der Waals surface area (Å²) in [5, 5.41) is -0.500. The van der Waals surface area contributed by atoms with Gasteiger partial charge in [-0.3, -0.25) is 9.20 Å². The number of anilines is 1.